The first-order chi connectivity index (χ1) is 14.6. The molecule has 0 heterocycles. The molecule has 0 fully saturated rings. The Balaban J connectivity index is 1.67. The van der Waals surface area contributed by atoms with Crippen LogP contribution in [0, 0.1) is 17.8 Å². The molecule has 2 unspecified atom stereocenters. The van der Waals surface area contributed by atoms with Crippen molar-refractivity contribution >= 4 is 15.5 Å². The summed E-state index contributed by atoms with van der Waals surface area (Å²) in [6.45, 7) is 5.14. The van der Waals surface area contributed by atoms with Gasteiger partial charge < -0.3 is 4.43 Å². The highest BCUT2D eigenvalue weighted by Gasteiger charge is 2.18. The molecule has 0 aromatic heterocycles. The summed E-state index contributed by atoms with van der Waals surface area (Å²) in [6, 6.07) is 21.2. The average Bonchev–Trinajstić information content (AvgIpc) is 2.77. The van der Waals surface area contributed by atoms with Gasteiger partial charge in [-0.25, -0.2) is 0 Å². The van der Waals surface area contributed by atoms with E-state index in [4.69, 9.17) is 4.43 Å². The molecule has 1 aliphatic rings. The van der Waals surface area contributed by atoms with Crippen LogP contribution in [0.3, 0.4) is 0 Å². The Morgan fingerprint density at radius 1 is 0.967 bits per heavy atom. The monoisotopic (exact) mass is 416 g/mol. The first-order valence-corrected chi connectivity index (χ1v) is 12.0. The van der Waals surface area contributed by atoms with Gasteiger partial charge in [-0.2, -0.15) is 0 Å². The summed E-state index contributed by atoms with van der Waals surface area (Å²) >= 11 is 0. The maximum atomic E-state index is 12.1. The Kier molecular flexibility index (Phi) is 8.85. The van der Waals surface area contributed by atoms with Crippen molar-refractivity contribution < 1.29 is 9.22 Å². The van der Waals surface area contributed by atoms with E-state index in [9.17, 15) is 4.79 Å². The third-order valence-corrected chi connectivity index (χ3v) is 6.95. The van der Waals surface area contributed by atoms with Gasteiger partial charge in [0.1, 0.15) is 0 Å². The molecule has 2 nitrogen and oxygen atoms in total. The van der Waals surface area contributed by atoms with Crippen molar-refractivity contribution in [3.05, 3.63) is 96.1 Å². The summed E-state index contributed by atoms with van der Waals surface area (Å²) in [4.78, 5) is 12.1. The molecule has 0 aliphatic heterocycles. The van der Waals surface area contributed by atoms with Crippen molar-refractivity contribution in [2.75, 3.05) is 6.61 Å². The Bertz CT molecular complexity index is 787. The molecule has 0 bridgehead atoms. The van der Waals surface area contributed by atoms with Gasteiger partial charge in [-0.05, 0) is 41.9 Å². The summed E-state index contributed by atoms with van der Waals surface area (Å²) in [7, 11) is 0.355. The third-order valence-electron chi connectivity index (χ3n) is 5.72. The fourth-order valence-electron chi connectivity index (χ4n) is 3.78. The molecular weight excluding hydrogens is 384 g/mol. The normalized spacial score (nSPS) is 22.2. The highest BCUT2D eigenvalue weighted by atomic mass is 28.2. The van der Waals surface area contributed by atoms with Crippen LogP contribution in [0.15, 0.2) is 85.0 Å². The first kappa shape index (κ1) is 22.5. The molecule has 2 atom stereocenters. The molecular formula is C27H32O2Si. The van der Waals surface area contributed by atoms with Crippen LogP contribution in [-0.4, -0.2) is 22.2 Å². The van der Waals surface area contributed by atoms with Crippen molar-refractivity contribution in [2.45, 2.75) is 38.7 Å². The van der Waals surface area contributed by atoms with Gasteiger partial charge >= 0.3 is 0 Å². The fourth-order valence-corrected chi connectivity index (χ4v) is 4.91. The van der Waals surface area contributed by atoms with Gasteiger partial charge in [0.15, 0.2) is 5.78 Å². The predicted molar refractivity (Wildman–Crippen MR) is 125 cm³/mol. The zero-order valence-corrected chi connectivity index (χ0v) is 19.0. The van der Waals surface area contributed by atoms with E-state index in [1.165, 1.54) is 11.1 Å². The zero-order valence-electron chi connectivity index (χ0n) is 18.0. The zero-order chi connectivity index (χ0) is 21.2. The fraction of sp³-hybridized carbons (Fsp3) is 0.370. The number of allylic oxidation sites excluding steroid dienone is 3. The SMILES string of the molecule is CC(C)C1/C=C\C(CO[Si]C(c2ccccc2)c2ccccc2)C/C=C\C(=O)CC1. The number of hydrogen-bond donors (Lipinski definition) is 0. The van der Waals surface area contributed by atoms with Crippen LogP contribution in [0.25, 0.3) is 0 Å². The van der Waals surface area contributed by atoms with Crippen molar-refractivity contribution in [1.29, 1.82) is 0 Å². The number of ketones is 1. The molecule has 0 spiro atoms. The van der Waals surface area contributed by atoms with E-state index in [0.29, 0.717) is 40.5 Å². The maximum Gasteiger partial charge on any atom is 0.242 e. The second kappa shape index (κ2) is 11.8. The van der Waals surface area contributed by atoms with Crippen LogP contribution in [0.1, 0.15) is 49.8 Å². The number of hydrogen-bond acceptors (Lipinski definition) is 2. The van der Waals surface area contributed by atoms with E-state index < -0.39 is 0 Å². The minimum Gasteiger partial charge on any atom is -0.416 e. The smallest absolute Gasteiger partial charge is 0.242 e. The summed E-state index contributed by atoms with van der Waals surface area (Å²) in [5.74, 6) is 1.53. The molecule has 2 aromatic rings. The second-order valence-corrected chi connectivity index (χ2v) is 9.48. The first-order valence-electron chi connectivity index (χ1n) is 11.0. The topological polar surface area (TPSA) is 26.3 Å². The molecule has 2 radical (unpaired) electrons. The molecule has 0 saturated carbocycles. The van der Waals surface area contributed by atoms with Gasteiger partial charge in [0, 0.05) is 24.5 Å². The van der Waals surface area contributed by atoms with Crippen LogP contribution >= 0.6 is 0 Å². The lowest BCUT2D eigenvalue weighted by Gasteiger charge is -2.20. The van der Waals surface area contributed by atoms with Crippen molar-refractivity contribution in [3.63, 3.8) is 0 Å². The van der Waals surface area contributed by atoms with Gasteiger partial charge in [0.2, 0.25) is 9.76 Å². The van der Waals surface area contributed by atoms with Gasteiger partial charge in [-0.3, -0.25) is 4.79 Å². The Labute approximate surface area is 184 Å². The summed E-state index contributed by atoms with van der Waals surface area (Å²) < 4.78 is 6.29. The molecule has 0 saturated heterocycles. The van der Waals surface area contributed by atoms with E-state index in [0.717, 1.165) is 12.8 Å². The minimum atomic E-state index is 0.241. The van der Waals surface area contributed by atoms with E-state index >= 15 is 0 Å². The summed E-state index contributed by atoms with van der Waals surface area (Å²) in [5.41, 5.74) is 2.82. The van der Waals surface area contributed by atoms with E-state index in [2.05, 4.69) is 86.7 Å². The number of benzene rings is 2. The van der Waals surface area contributed by atoms with Gasteiger partial charge in [0.05, 0.1) is 0 Å². The quantitative estimate of drug-likeness (QED) is 0.399. The molecule has 1 aliphatic carbocycles. The van der Waals surface area contributed by atoms with Crippen LogP contribution in [0.4, 0.5) is 0 Å². The highest BCUT2D eigenvalue weighted by molar-refractivity contribution is 6.31. The maximum absolute atomic E-state index is 12.1. The van der Waals surface area contributed by atoms with Crippen molar-refractivity contribution in [3.8, 4) is 0 Å². The molecule has 3 heteroatoms. The predicted octanol–water partition coefficient (Wildman–Crippen LogP) is 6.17. The van der Waals surface area contributed by atoms with Crippen LogP contribution in [0.5, 0.6) is 0 Å². The van der Waals surface area contributed by atoms with Crippen molar-refractivity contribution in [2.24, 2.45) is 17.8 Å². The largest absolute Gasteiger partial charge is 0.416 e. The highest BCUT2D eigenvalue weighted by Crippen LogP contribution is 2.25. The van der Waals surface area contributed by atoms with Gasteiger partial charge in [-0.15, -0.1) is 0 Å². The number of carbonyl (C=O) groups excluding carboxylic acids is 1. The van der Waals surface area contributed by atoms with E-state index in [1.807, 2.05) is 6.08 Å². The third kappa shape index (κ3) is 6.93. The average molecular weight is 417 g/mol. The number of carbonyl (C=O) groups is 1. The molecule has 156 valence electrons. The molecule has 3 rings (SSSR count). The lowest BCUT2D eigenvalue weighted by atomic mass is 9.88. The number of rotatable bonds is 7. The lowest BCUT2D eigenvalue weighted by Crippen LogP contribution is -2.18. The molecule has 0 N–H and O–H groups in total. The minimum absolute atomic E-state index is 0.241. The molecule has 30 heavy (non-hydrogen) atoms. The summed E-state index contributed by atoms with van der Waals surface area (Å²) in [6.07, 6.45) is 10.8. The van der Waals surface area contributed by atoms with Crippen LogP contribution < -0.4 is 0 Å². The molecule has 2 aromatic carbocycles. The van der Waals surface area contributed by atoms with E-state index in [1.54, 1.807) is 6.08 Å². The Morgan fingerprint density at radius 3 is 2.20 bits per heavy atom. The second-order valence-electron chi connectivity index (χ2n) is 8.38. The van der Waals surface area contributed by atoms with Gasteiger partial charge in [0.25, 0.3) is 0 Å². The lowest BCUT2D eigenvalue weighted by molar-refractivity contribution is -0.114. The van der Waals surface area contributed by atoms with Crippen molar-refractivity contribution in [1.82, 2.24) is 0 Å². The summed E-state index contributed by atoms with van der Waals surface area (Å²) in [5, 5.41) is 0. The standard InChI is InChI=1S/C27H32O2Si/c1-21(2)23-17-16-22(10-9-15-26(28)19-18-23)20-29-30-27(24-11-5-3-6-12-24)25-13-7-4-8-14-25/h3-9,11-17,21-23,27H,10,18-20H2,1-2H3/b15-9-,17-16-. The van der Waals surface area contributed by atoms with Gasteiger partial charge in [-0.1, -0.05) is 92.7 Å². The van der Waals surface area contributed by atoms with Crippen LogP contribution in [-0.2, 0) is 9.22 Å². The van der Waals surface area contributed by atoms with Crippen LogP contribution in [0.2, 0.25) is 0 Å². The molecule has 0 amide bonds. The Hall–Kier alpha value is -2.23. The Morgan fingerprint density at radius 2 is 1.60 bits per heavy atom. The van der Waals surface area contributed by atoms with E-state index in [-0.39, 0.29) is 11.3 Å².